The fraction of sp³-hybridized carbons (Fsp3) is 0.636. The maximum atomic E-state index is 11.5. The molecule has 1 aromatic rings. The standard InChI is InChI=1S/C11H17N3O2S/c1-9(11-7-12-4-5-13-11)14-10-3-2-6-17(15,16)8-10/h4-5,7,9-10,14H,2-3,6,8H2,1H3. The van der Waals surface area contributed by atoms with E-state index in [1.807, 2.05) is 6.92 Å². The first-order valence-electron chi connectivity index (χ1n) is 5.79. The van der Waals surface area contributed by atoms with E-state index in [1.165, 1.54) is 0 Å². The summed E-state index contributed by atoms with van der Waals surface area (Å²) in [4.78, 5) is 8.21. The zero-order chi connectivity index (χ0) is 12.3. The van der Waals surface area contributed by atoms with Crippen molar-refractivity contribution in [2.75, 3.05) is 11.5 Å². The van der Waals surface area contributed by atoms with E-state index >= 15 is 0 Å². The third-order valence-corrected chi connectivity index (χ3v) is 4.80. The molecule has 1 saturated heterocycles. The van der Waals surface area contributed by atoms with Crippen LogP contribution in [0.25, 0.3) is 0 Å². The van der Waals surface area contributed by atoms with Crippen molar-refractivity contribution in [3.63, 3.8) is 0 Å². The highest BCUT2D eigenvalue weighted by atomic mass is 32.2. The van der Waals surface area contributed by atoms with Crippen LogP contribution in [-0.2, 0) is 9.84 Å². The molecule has 2 heterocycles. The number of aromatic nitrogens is 2. The molecule has 1 aliphatic rings. The highest BCUT2D eigenvalue weighted by molar-refractivity contribution is 7.91. The summed E-state index contributed by atoms with van der Waals surface area (Å²) in [6.45, 7) is 1.98. The van der Waals surface area contributed by atoms with Gasteiger partial charge in [0.1, 0.15) is 0 Å². The van der Waals surface area contributed by atoms with Crippen molar-refractivity contribution >= 4 is 9.84 Å². The number of hydrogen-bond acceptors (Lipinski definition) is 5. The van der Waals surface area contributed by atoms with Crippen LogP contribution in [-0.4, -0.2) is 35.9 Å². The number of hydrogen-bond donors (Lipinski definition) is 1. The van der Waals surface area contributed by atoms with Crippen LogP contribution in [0.5, 0.6) is 0 Å². The Morgan fingerprint density at radius 2 is 2.29 bits per heavy atom. The van der Waals surface area contributed by atoms with E-state index in [0.29, 0.717) is 5.75 Å². The van der Waals surface area contributed by atoms with Crippen molar-refractivity contribution in [3.8, 4) is 0 Å². The van der Waals surface area contributed by atoms with E-state index < -0.39 is 9.84 Å². The van der Waals surface area contributed by atoms with Crippen LogP contribution >= 0.6 is 0 Å². The van der Waals surface area contributed by atoms with Crippen LogP contribution in [0.2, 0.25) is 0 Å². The lowest BCUT2D eigenvalue weighted by atomic mass is 10.1. The molecule has 0 radical (unpaired) electrons. The van der Waals surface area contributed by atoms with Gasteiger partial charge >= 0.3 is 0 Å². The van der Waals surface area contributed by atoms with Gasteiger partial charge in [0.25, 0.3) is 0 Å². The molecular formula is C11H17N3O2S. The Kier molecular flexibility index (Phi) is 3.73. The van der Waals surface area contributed by atoms with Crippen LogP contribution in [0.3, 0.4) is 0 Å². The van der Waals surface area contributed by atoms with Crippen molar-refractivity contribution in [2.45, 2.75) is 31.8 Å². The summed E-state index contributed by atoms with van der Waals surface area (Å²) in [7, 11) is -2.86. The molecule has 94 valence electrons. The summed E-state index contributed by atoms with van der Waals surface area (Å²) < 4.78 is 23.0. The average molecular weight is 255 g/mol. The van der Waals surface area contributed by atoms with Crippen molar-refractivity contribution in [2.24, 2.45) is 0 Å². The Bertz CT molecular complexity index is 461. The molecule has 6 heteroatoms. The minimum atomic E-state index is -2.86. The molecule has 0 amide bonds. The maximum absolute atomic E-state index is 11.5. The van der Waals surface area contributed by atoms with Gasteiger partial charge in [-0.15, -0.1) is 0 Å². The molecule has 0 bridgehead atoms. The molecule has 1 aromatic heterocycles. The Hall–Kier alpha value is -1.01. The Morgan fingerprint density at radius 3 is 2.94 bits per heavy atom. The molecule has 1 fully saturated rings. The van der Waals surface area contributed by atoms with Crippen LogP contribution in [0.15, 0.2) is 18.6 Å². The lowest BCUT2D eigenvalue weighted by Crippen LogP contribution is -2.41. The van der Waals surface area contributed by atoms with E-state index in [-0.39, 0.29) is 17.8 Å². The topological polar surface area (TPSA) is 72.0 Å². The number of sulfone groups is 1. The molecule has 1 aliphatic heterocycles. The summed E-state index contributed by atoms with van der Waals surface area (Å²) in [5.41, 5.74) is 0.843. The van der Waals surface area contributed by atoms with Gasteiger partial charge in [-0.3, -0.25) is 9.97 Å². The second-order valence-electron chi connectivity index (χ2n) is 4.47. The van der Waals surface area contributed by atoms with E-state index in [4.69, 9.17) is 0 Å². The van der Waals surface area contributed by atoms with Crippen LogP contribution in [0.4, 0.5) is 0 Å². The number of nitrogens with zero attached hydrogens (tertiary/aromatic N) is 2. The fourth-order valence-electron chi connectivity index (χ4n) is 2.13. The van der Waals surface area contributed by atoms with Crippen molar-refractivity contribution in [1.82, 2.24) is 15.3 Å². The van der Waals surface area contributed by atoms with Gasteiger partial charge in [-0.2, -0.15) is 0 Å². The molecule has 0 spiro atoms. The normalized spacial score (nSPS) is 25.4. The largest absolute Gasteiger partial charge is 0.305 e. The predicted molar refractivity (Wildman–Crippen MR) is 65.3 cm³/mol. The first-order chi connectivity index (χ1) is 8.07. The zero-order valence-electron chi connectivity index (χ0n) is 9.83. The van der Waals surface area contributed by atoms with Gasteiger partial charge in [-0.25, -0.2) is 8.42 Å². The number of nitrogens with one attached hydrogen (secondary N) is 1. The SMILES string of the molecule is CC(NC1CCCS(=O)(=O)C1)c1cnccn1. The molecule has 0 aliphatic carbocycles. The van der Waals surface area contributed by atoms with Crippen molar-refractivity contribution in [3.05, 3.63) is 24.3 Å². The van der Waals surface area contributed by atoms with E-state index in [2.05, 4.69) is 15.3 Å². The predicted octanol–water partition coefficient (Wildman–Crippen LogP) is 0.704. The molecule has 2 rings (SSSR count). The summed E-state index contributed by atoms with van der Waals surface area (Å²) in [5.74, 6) is 0.558. The second-order valence-corrected chi connectivity index (χ2v) is 6.70. The molecule has 1 N–H and O–H groups in total. The lowest BCUT2D eigenvalue weighted by Gasteiger charge is -2.26. The summed E-state index contributed by atoms with van der Waals surface area (Å²) in [5, 5.41) is 3.31. The Morgan fingerprint density at radius 1 is 1.47 bits per heavy atom. The minimum Gasteiger partial charge on any atom is -0.305 e. The van der Waals surface area contributed by atoms with Gasteiger partial charge in [0.15, 0.2) is 9.84 Å². The molecule has 2 unspecified atom stereocenters. The number of rotatable bonds is 3. The van der Waals surface area contributed by atoms with Crippen molar-refractivity contribution < 1.29 is 8.42 Å². The quantitative estimate of drug-likeness (QED) is 0.861. The third-order valence-electron chi connectivity index (χ3n) is 2.98. The minimum absolute atomic E-state index is 0.0296. The smallest absolute Gasteiger partial charge is 0.151 e. The molecule has 0 saturated carbocycles. The second kappa shape index (κ2) is 5.10. The van der Waals surface area contributed by atoms with Gasteiger partial charge in [-0.1, -0.05) is 0 Å². The summed E-state index contributed by atoms with van der Waals surface area (Å²) >= 11 is 0. The summed E-state index contributed by atoms with van der Waals surface area (Å²) in [6.07, 6.45) is 6.62. The zero-order valence-corrected chi connectivity index (χ0v) is 10.7. The third kappa shape index (κ3) is 3.47. The average Bonchev–Trinajstić information content (AvgIpc) is 2.29. The molecule has 17 heavy (non-hydrogen) atoms. The maximum Gasteiger partial charge on any atom is 0.151 e. The Balaban J connectivity index is 1.97. The van der Waals surface area contributed by atoms with Gasteiger partial charge < -0.3 is 5.32 Å². The van der Waals surface area contributed by atoms with Gasteiger partial charge in [0.2, 0.25) is 0 Å². The monoisotopic (exact) mass is 255 g/mol. The van der Waals surface area contributed by atoms with Gasteiger partial charge in [-0.05, 0) is 19.8 Å². The molecule has 5 nitrogen and oxygen atoms in total. The highest BCUT2D eigenvalue weighted by Gasteiger charge is 2.25. The Labute approximate surface area is 102 Å². The van der Waals surface area contributed by atoms with Crippen LogP contribution in [0.1, 0.15) is 31.5 Å². The highest BCUT2D eigenvalue weighted by Crippen LogP contribution is 2.16. The van der Waals surface area contributed by atoms with E-state index in [0.717, 1.165) is 18.5 Å². The van der Waals surface area contributed by atoms with Crippen LogP contribution in [0, 0.1) is 0 Å². The van der Waals surface area contributed by atoms with Gasteiger partial charge in [0.05, 0.1) is 17.2 Å². The van der Waals surface area contributed by atoms with Crippen molar-refractivity contribution in [1.29, 1.82) is 0 Å². The summed E-state index contributed by atoms with van der Waals surface area (Å²) in [6, 6.07) is 0.0627. The van der Waals surface area contributed by atoms with E-state index in [9.17, 15) is 8.42 Å². The fourth-order valence-corrected chi connectivity index (χ4v) is 3.78. The van der Waals surface area contributed by atoms with E-state index in [1.54, 1.807) is 18.6 Å². The molecule has 2 atom stereocenters. The first-order valence-corrected chi connectivity index (χ1v) is 7.61. The van der Waals surface area contributed by atoms with Crippen LogP contribution < -0.4 is 5.32 Å². The lowest BCUT2D eigenvalue weighted by molar-refractivity contribution is 0.432. The molecular weight excluding hydrogens is 238 g/mol. The molecule has 0 aromatic carbocycles. The first kappa shape index (κ1) is 12.4. The van der Waals surface area contributed by atoms with Gasteiger partial charge in [0, 0.05) is 30.7 Å².